The Morgan fingerprint density at radius 2 is 2.04 bits per heavy atom. The van der Waals surface area contributed by atoms with Crippen molar-refractivity contribution >= 4 is 17.6 Å². The van der Waals surface area contributed by atoms with E-state index in [-0.39, 0.29) is 12.0 Å². The average Bonchev–Trinajstić information content (AvgIpc) is 3.24. The van der Waals surface area contributed by atoms with E-state index in [2.05, 4.69) is 13.0 Å². The van der Waals surface area contributed by atoms with E-state index >= 15 is 0 Å². The van der Waals surface area contributed by atoms with E-state index in [1.807, 2.05) is 4.90 Å². The first kappa shape index (κ1) is 18.4. The number of aliphatic imine (C=N–C) groups is 1. The van der Waals surface area contributed by atoms with Crippen molar-refractivity contribution in [3.8, 4) is 0 Å². The summed E-state index contributed by atoms with van der Waals surface area (Å²) in [6.07, 6.45) is 12.0. The summed E-state index contributed by atoms with van der Waals surface area (Å²) < 4.78 is 5.21. The Kier molecular flexibility index (Phi) is 4.80. The molecule has 152 valence electrons. The van der Waals surface area contributed by atoms with Gasteiger partial charge in [-0.05, 0) is 63.2 Å². The second-order valence-corrected chi connectivity index (χ2v) is 9.59. The number of hydrogen-bond donors (Lipinski definition) is 0. The summed E-state index contributed by atoms with van der Waals surface area (Å²) in [5.41, 5.74) is 2.45. The summed E-state index contributed by atoms with van der Waals surface area (Å²) >= 11 is 0. The van der Waals surface area contributed by atoms with Gasteiger partial charge in [0, 0.05) is 35.7 Å². The molecule has 0 aromatic carbocycles. The molecule has 1 saturated heterocycles. The molecule has 3 aliphatic carbocycles. The van der Waals surface area contributed by atoms with Gasteiger partial charge in [-0.25, -0.2) is 4.79 Å². The van der Waals surface area contributed by atoms with Crippen molar-refractivity contribution in [1.29, 1.82) is 0 Å². The Bertz CT molecular complexity index is 727. The zero-order valence-electron chi connectivity index (χ0n) is 16.9. The van der Waals surface area contributed by atoms with Gasteiger partial charge in [0.15, 0.2) is 0 Å². The van der Waals surface area contributed by atoms with Crippen LogP contribution in [-0.2, 0) is 9.53 Å². The fraction of sp³-hybridized carbons (Fsp3) is 0.783. The van der Waals surface area contributed by atoms with Crippen LogP contribution in [0.1, 0.15) is 64.7 Å². The highest BCUT2D eigenvalue weighted by atomic mass is 16.6. The third-order valence-electron chi connectivity index (χ3n) is 7.90. The number of fused-ring (bicyclic) bond motifs is 3. The standard InChI is InChI=1S/C23H32N2O3/c1-14-5-4-6-16(24-14)11-15-12-21(26)19-13-20(25-9-10-28-23(25)27)17-7-2-3-8-18(17)22(15)19/h13-15,17-19,22H,2-12H2,1H3/t14-,15-,17+,18+,19?,22?/m0/s1. The molecule has 28 heavy (non-hydrogen) atoms. The molecule has 3 fully saturated rings. The number of cyclic esters (lactones) is 1. The van der Waals surface area contributed by atoms with E-state index in [0.29, 0.717) is 55.1 Å². The number of amides is 1. The molecule has 0 aromatic heterocycles. The highest BCUT2D eigenvalue weighted by Gasteiger charge is 2.52. The summed E-state index contributed by atoms with van der Waals surface area (Å²) in [4.78, 5) is 32.0. The number of hydrogen-bond acceptors (Lipinski definition) is 4. The molecule has 1 amide bonds. The molecule has 0 aromatic rings. The van der Waals surface area contributed by atoms with E-state index in [4.69, 9.17) is 9.73 Å². The highest BCUT2D eigenvalue weighted by molar-refractivity contribution is 5.90. The molecule has 2 unspecified atom stereocenters. The molecule has 6 atom stereocenters. The first-order valence-corrected chi connectivity index (χ1v) is 11.4. The first-order chi connectivity index (χ1) is 13.6. The third kappa shape index (κ3) is 3.11. The molecule has 0 radical (unpaired) electrons. The van der Waals surface area contributed by atoms with Crippen molar-refractivity contribution in [2.45, 2.75) is 70.8 Å². The number of ether oxygens (including phenoxy) is 1. The lowest BCUT2D eigenvalue weighted by molar-refractivity contribution is -0.120. The second-order valence-electron chi connectivity index (χ2n) is 9.59. The maximum Gasteiger partial charge on any atom is 0.414 e. The quantitative estimate of drug-likeness (QED) is 0.726. The smallest absolute Gasteiger partial charge is 0.414 e. The van der Waals surface area contributed by atoms with Crippen molar-refractivity contribution in [2.75, 3.05) is 13.2 Å². The molecule has 2 saturated carbocycles. The van der Waals surface area contributed by atoms with Gasteiger partial charge in [0.2, 0.25) is 0 Å². The second kappa shape index (κ2) is 7.31. The van der Waals surface area contributed by atoms with Crippen molar-refractivity contribution in [1.82, 2.24) is 4.90 Å². The lowest BCUT2D eigenvalue weighted by Crippen LogP contribution is -2.43. The van der Waals surface area contributed by atoms with Gasteiger partial charge in [-0.3, -0.25) is 14.7 Å². The fourth-order valence-corrected chi connectivity index (χ4v) is 6.78. The molecular weight excluding hydrogens is 352 g/mol. The number of rotatable bonds is 3. The van der Waals surface area contributed by atoms with Gasteiger partial charge in [-0.1, -0.05) is 18.9 Å². The van der Waals surface area contributed by atoms with E-state index in [1.165, 1.54) is 37.8 Å². The summed E-state index contributed by atoms with van der Waals surface area (Å²) in [5, 5.41) is 0. The van der Waals surface area contributed by atoms with Crippen molar-refractivity contribution in [3.05, 3.63) is 11.8 Å². The minimum atomic E-state index is -0.221. The molecular formula is C23H32N2O3. The van der Waals surface area contributed by atoms with E-state index in [0.717, 1.165) is 25.0 Å². The molecule has 2 heterocycles. The number of ketones is 1. The van der Waals surface area contributed by atoms with Gasteiger partial charge >= 0.3 is 6.09 Å². The van der Waals surface area contributed by atoms with Gasteiger partial charge in [-0.2, -0.15) is 0 Å². The summed E-state index contributed by atoms with van der Waals surface area (Å²) in [7, 11) is 0. The van der Waals surface area contributed by atoms with Crippen LogP contribution in [0.3, 0.4) is 0 Å². The van der Waals surface area contributed by atoms with Crippen molar-refractivity contribution in [3.63, 3.8) is 0 Å². The molecule has 0 N–H and O–H groups in total. The van der Waals surface area contributed by atoms with Gasteiger partial charge in [0.05, 0.1) is 6.54 Å². The molecule has 5 nitrogen and oxygen atoms in total. The summed E-state index contributed by atoms with van der Waals surface area (Å²) in [6, 6.07) is 0.443. The van der Waals surface area contributed by atoms with Crippen LogP contribution in [0.4, 0.5) is 4.79 Å². The number of nitrogens with zero attached hydrogens (tertiary/aromatic N) is 2. The molecule has 5 rings (SSSR count). The van der Waals surface area contributed by atoms with Crippen LogP contribution < -0.4 is 0 Å². The predicted octanol–water partition coefficient (Wildman–Crippen LogP) is 4.37. The molecule has 5 aliphatic rings. The number of carbonyl (C=O) groups excluding carboxylic acids is 2. The Morgan fingerprint density at radius 1 is 1.18 bits per heavy atom. The van der Waals surface area contributed by atoms with Crippen LogP contribution in [0.2, 0.25) is 0 Å². The molecule has 0 bridgehead atoms. The van der Waals surface area contributed by atoms with Crippen molar-refractivity contribution in [2.24, 2.45) is 34.6 Å². The molecule has 5 heteroatoms. The Morgan fingerprint density at radius 3 is 2.82 bits per heavy atom. The van der Waals surface area contributed by atoms with Gasteiger partial charge in [-0.15, -0.1) is 0 Å². The van der Waals surface area contributed by atoms with Crippen LogP contribution in [0.25, 0.3) is 0 Å². The van der Waals surface area contributed by atoms with Crippen LogP contribution in [0, 0.1) is 29.6 Å². The number of carbonyl (C=O) groups is 2. The highest BCUT2D eigenvalue weighted by Crippen LogP contribution is 2.54. The Balaban J connectivity index is 1.45. The van der Waals surface area contributed by atoms with Crippen molar-refractivity contribution < 1.29 is 14.3 Å². The van der Waals surface area contributed by atoms with E-state index in [1.54, 1.807) is 0 Å². The number of allylic oxidation sites excluding steroid dienone is 2. The largest absolute Gasteiger partial charge is 0.447 e. The average molecular weight is 385 g/mol. The summed E-state index contributed by atoms with van der Waals surface area (Å²) in [5.74, 6) is 2.21. The fourth-order valence-electron chi connectivity index (χ4n) is 6.78. The maximum absolute atomic E-state index is 13.0. The first-order valence-electron chi connectivity index (χ1n) is 11.4. The van der Waals surface area contributed by atoms with Gasteiger partial charge in [0.1, 0.15) is 12.4 Å². The van der Waals surface area contributed by atoms with E-state index < -0.39 is 0 Å². The maximum atomic E-state index is 13.0. The van der Waals surface area contributed by atoms with Crippen LogP contribution in [-0.4, -0.2) is 41.7 Å². The van der Waals surface area contributed by atoms with Crippen LogP contribution in [0.15, 0.2) is 16.8 Å². The number of Topliss-reactive ketones (excluding diaryl/α,β-unsaturated/α-hetero) is 1. The molecule has 0 spiro atoms. The SMILES string of the molecule is C[C@H]1CCCC(C[C@H]2CC(=O)C3C=C(N4CCOC4=O)[C@@H]4CCCC[C@H]4C32)=N1. The monoisotopic (exact) mass is 384 g/mol. The molecule has 2 aliphatic heterocycles. The van der Waals surface area contributed by atoms with Gasteiger partial charge < -0.3 is 4.74 Å². The van der Waals surface area contributed by atoms with Crippen LogP contribution >= 0.6 is 0 Å². The Labute approximate surface area is 167 Å². The third-order valence-corrected chi connectivity index (χ3v) is 7.90. The lowest BCUT2D eigenvalue weighted by atomic mass is 9.61. The predicted molar refractivity (Wildman–Crippen MR) is 107 cm³/mol. The zero-order valence-corrected chi connectivity index (χ0v) is 16.9. The topological polar surface area (TPSA) is 59.0 Å². The zero-order chi connectivity index (χ0) is 19.3. The lowest BCUT2D eigenvalue weighted by Gasteiger charge is -2.45. The Hall–Kier alpha value is -1.65. The summed E-state index contributed by atoms with van der Waals surface area (Å²) in [6.45, 7) is 3.32. The minimum Gasteiger partial charge on any atom is -0.447 e. The van der Waals surface area contributed by atoms with Gasteiger partial charge in [0.25, 0.3) is 0 Å². The van der Waals surface area contributed by atoms with E-state index in [9.17, 15) is 9.59 Å². The van der Waals surface area contributed by atoms with Crippen LogP contribution in [0.5, 0.6) is 0 Å². The normalized spacial score (nSPS) is 40.5. The minimum absolute atomic E-state index is 0.00522.